The van der Waals surface area contributed by atoms with Gasteiger partial charge in [-0.1, -0.05) is 26.3 Å². The van der Waals surface area contributed by atoms with Crippen molar-refractivity contribution in [1.82, 2.24) is 4.90 Å². The predicted molar refractivity (Wildman–Crippen MR) is 89.7 cm³/mol. The molecule has 2 heterocycles. The van der Waals surface area contributed by atoms with E-state index in [1.807, 2.05) is 0 Å². The van der Waals surface area contributed by atoms with Gasteiger partial charge in [0.15, 0.2) is 11.5 Å². The Morgan fingerprint density at radius 3 is 2.55 bits per heavy atom. The van der Waals surface area contributed by atoms with Crippen LogP contribution in [0.2, 0.25) is 0 Å². The topological polar surface area (TPSA) is 21.7 Å². The number of ether oxygens (including phenoxy) is 2. The molecule has 0 saturated carbocycles. The van der Waals surface area contributed by atoms with Gasteiger partial charge in [-0.25, -0.2) is 0 Å². The van der Waals surface area contributed by atoms with Crippen LogP contribution in [0.4, 0.5) is 0 Å². The van der Waals surface area contributed by atoms with Crippen molar-refractivity contribution in [1.29, 1.82) is 0 Å². The van der Waals surface area contributed by atoms with Gasteiger partial charge in [0, 0.05) is 0 Å². The molecule has 1 saturated heterocycles. The van der Waals surface area contributed by atoms with Crippen molar-refractivity contribution in [2.24, 2.45) is 5.92 Å². The number of likely N-dealkylation sites (tertiary alicyclic amines) is 1. The zero-order valence-electron chi connectivity index (χ0n) is 14.0. The molecule has 0 amide bonds. The Morgan fingerprint density at radius 2 is 1.77 bits per heavy atom. The summed E-state index contributed by atoms with van der Waals surface area (Å²) in [7, 11) is 0. The highest BCUT2D eigenvalue weighted by Crippen LogP contribution is 2.37. The van der Waals surface area contributed by atoms with Crippen LogP contribution in [-0.2, 0) is 0 Å². The van der Waals surface area contributed by atoms with E-state index >= 15 is 0 Å². The first-order valence-corrected chi connectivity index (χ1v) is 8.84. The summed E-state index contributed by atoms with van der Waals surface area (Å²) in [5.41, 5.74) is 1.42. The van der Waals surface area contributed by atoms with Gasteiger partial charge in [0.1, 0.15) is 0 Å². The quantitative estimate of drug-likeness (QED) is 0.744. The van der Waals surface area contributed by atoms with Crippen molar-refractivity contribution >= 4 is 0 Å². The Hall–Kier alpha value is -1.22. The summed E-state index contributed by atoms with van der Waals surface area (Å²) in [6, 6.07) is 6.52. The summed E-state index contributed by atoms with van der Waals surface area (Å²) >= 11 is 0. The molecule has 2 aliphatic heterocycles. The third-order valence-corrected chi connectivity index (χ3v) is 4.95. The van der Waals surface area contributed by atoms with E-state index < -0.39 is 0 Å². The van der Waals surface area contributed by atoms with Crippen LogP contribution in [0.3, 0.4) is 0 Å². The van der Waals surface area contributed by atoms with Crippen molar-refractivity contribution in [2.75, 3.05) is 26.4 Å². The van der Waals surface area contributed by atoms with Crippen molar-refractivity contribution in [3.8, 4) is 11.5 Å². The fourth-order valence-electron chi connectivity index (χ4n) is 3.52. The molecule has 1 aromatic rings. The maximum Gasteiger partial charge on any atom is 0.231 e. The Bertz CT molecular complexity index is 480. The predicted octanol–water partition coefficient (Wildman–Crippen LogP) is 4.42. The van der Waals surface area contributed by atoms with Crippen LogP contribution in [0.15, 0.2) is 18.2 Å². The largest absolute Gasteiger partial charge is 0.454 e. The van der Waals surface area contributed by atoms with Crippen LogP contribution < -0.4 is 9.47 Å². The van der Waals surface area contributed by atoms with Crippen molar-refractivity contribution in [2.45, 2.75) is 51.9 Å². The minimum Gasteiger partial charge on any atom is -0.454 e. The highest BCUT2D eigenvalue weighted by Gasteiger charge is 2.20. The highest BCUT2D eigenvalue weighted by molar-refractivity contribution is 5.45. The standard InChI is InChI=1S/C19H29NO2/c1-15(2)5-6-16(9-12-20-10-3-4-11-20)17-7-8-18-19(13-17)22-14-21-18/h7-8,13,15-16H,3-6,9-12,14H2,1-2H3/t16-/m1/s1. The lowest BCUT2D eigenvalue weighted by Gasteiger charge is -2.22. The van der Waals surface area contributed by atoms with Gasteiger partial charge in [-0.3, -0.25) is 0 Å². The fraction of sp³-hybridized carbons (Fsp3) is 0.684. The van der Waals surface area contributed by atoms with Crippen molar-refractivity contribution in [3.05, 3.63) is 23.8 Å². The van der Waals surface area contributed by atoms with E-state index in [-0.39, 0.29) is 0 Å². The molecule has 0 aromatic heterocycles. The molecular weight excluding hydrogens is 274 g/mol. The molecule has 2 aliphatic rings. The third-order valence-electron chi connectivity index (χ3n) is 4.95. The van der Waals surface area contributed by atoms with E-state index in [0.29, 0.717) is 12.7 Å². The summed E-state index contributed by atoms with van der Waals surface area (Å²) in [4.78, 5) is 2.62. The lowest BCUT2D eigenvalue weighted by Crippen LogP contribution is -2.22. The fourth-order valence-corrected chi connectivity index (χ4v) is 3.52. The van der Waals surface area contributed by atoms with Crippen LogP contribution in [0.1, 0.15) is 57.4 Å². The smallest absolute Gasteiger partial charge is 0.231 e. The Labute approximate surface area is 134 Å². The molecule has 0 bridgehead atoms. The van der Waals surface area contributed by atoms with Crippen LogP contribution >= 0.6 is 0 Å². The molecule has 3 rings (SSSR count). The molecule has 0 N–H and O–H groups in total. The second-order valence-corrected chi connectivity index (χ2v) is 7.12. The van der Waals surface area contributed by atoms with E-state index in [4.69, 9.17) is 9.47 Å². The molecular formula is C19H29NO2. The number of hydrogen-bond donors (Lipinski definition) is 0. The van der Waals surface area contributed by atoms with E-state index in [2.05, 4.69) is 36.9 Å². The Kier molecular flexibility index (Phi) is 5.24. The molecule has 0 spiro atoms. The molecule has 22 heavy (non-hydrogen) atoms. The van der Waals surface area contributed by atoms with Crippen LogP contribution in [0, 0.1) is 5.92 Å². The minimum atomic E-state index is 0.364. The van der Waals surface area contributed by atoms with E-state index in [9.17, 15) is 0 Å². The zero-order chi connectivity index (χ0) is 15.4. The average Bonchev–Trinajstić information content (AvgIpc) is 3.17. The van der Waals surface area contributed by atoms with Crippen LogP contribution in [0.25, 0.3) is 0 Å². The SMILES string of the molecule is CC(C)CC[C@H](CCN1CCCC1)c1ccc2c(c1)OCO2. The van der Waals surface area contributed by atoms with Gasteiger partial charge in [0.05, 0.1) is 0 Å². The zero-order valence-corrected chi connectivity index (χ0v) is 14.0. The van der Waals surface area contributed by atoms with Gasteiger partial charge in [0.25, 0.3) is 0 Å². The third kappa shape index (κ3) is 3.95. The minimum absolute atomic E-state index is 0.364. The normalized spacial score (nSPS) is 19.0. The number of benzene rings is 1. The lowest BCUT2D eigenvalue weighted by atomic mass is 9.88. The maximum absolute atomic E-state index is 5.56. The second-order valence-electron chi connectivity index (χ2n) is 7.12. The van der Waals surface area contributed by atoms with Crippen LogP contribution in [0.5, 0.6) is 11.5 Å². The van der Waals surface area contributed by atoms with Crippen molar-refractivity contribution in [3.63, 3.8) is 0 Å². The molecule has 122 valence electrons. The first-order chi connectivity index (χ1) is 10.7. The van der Waals surface area contributed by atoms with Gasteiger partial charge in [-0.15, -0.1) is 0 Å². The summed E-state index contributed by atoms with van der Waals surface area (Å²) in [5.74, 6) is 3.22. The van der Waals surface area contributed by atoms with Crippen LogP contribution in [-0.4, -0.2) is 31.3 Å². The van der Waals surface area contributed by atoms with E-state index in [1.54, 1.807) is 0 Å². The Balaban J connectivity index is 1.66. The number of hydrogen-bond acceptors (Lipinski definition) is 3. The molecule has 0 aliphatic carbocycles. The summed E-state index contributed by atoms with van der Waals surface area (Å²) in [6.07, 6.45) is 6.57. The van der Waals surface area contributed by atoms with Crippen molar-refractivity contribution < 1.29 is 9.47 Å². The summed E-state index contributed by atoms with van der Waals surface area (Å²) < 4.78 is 11.0. The molecule has 0 unspecified atom stereocenters. The van der Waals surface area contributed by atoms with Gasteiger partial charge < -0.3 is 14.4 Å². The molecule has 1 atom stereocenters. The first-order valence-electron chi connectivity index (χ1n) is 8.84. The average molecular weight is 303 g/mol. The molecule has 1 fully saturated rings. The second kappa shape index (κ2) is 7.36. The van der Waals surface area contributed by atoms with Gasteiger partial charge in [0.2, 0.25) is 6.79 Å². The highest BCUT2D eigenvalue weighted by atomic mass is 16.7. The number of rotatable bonds is 7. The van der Waals surface area contributed by atoms with Gasteiger partial charge in [-0.05, 0) is 74.8 Å². The monoisotopic (exact) mass is 303 g/mol. The summed E-state index contributed by atoms with van der Waals surface area (Å²) in [6.45, 7) is 8.81. The van der Waals surface area contributed by atoms with E-state index in [0.717, 1.165) is 17.4 Å². The number of fused-ring (bicyclic) bond motifs is 1. The lowest BCUT2D eigenvalue weighted by molar-refractivity contribution is 0.174. The molecule has 3 nitrogen and oxygen atoms in total. The molecule has 1 aromatic carbocycles. The molecule has 0 radical (unpaired) electrons. The number of nitrogens with zero attached hydrogens (tertiary/aromatic N) is 1. The van der Waals surface area contributed by atoms with E-state index in [1.165, 1.54) is 57.3 Å². The maximum atomic E-state index is 5.56. The Morgan fingerprint density at radius 1 is 1.00 bits per heavy atom. The molecule has 3 heteroatoms. The first kappa shape index (κ1) is 15.7. The van der Waals surface area contributed by atoms with Gasteiger partial charge >= 0.3 is 0 Å². The van der Waals surface area contributed by atoms with Gasteiger partial charge in [-0.2, -0.15) is 0 Å². The summed E-state index contributed by atoms with van der Waals surface area (Å²) in [5, 5.41) is 0.